The zero-order valence-corrected chi connectivity index (χ0v) is 15.3. The number of nitrogens with zero attached hydrogens (tertiary/aromatic N) is 5. The van der Waals surface area contributed by atoms with E-state index in [0.717, 1.165) is 24.5 Å². The smallest absolute Gasteiger partial charge is 0.339 e. The summed E-state index contributed by atoms with van der Waals surface area (Å²) >= 11 is 0. The number of amides is 1. The van der Waals surface area contributed by atoms with Crippen molar-refractivity contribution in [2.75, 3.05) is 31.6 Å². The summed E-state index contributed by atoms with van der Waals surface area (Å²) in [6, 6.07) is 4.02. The number of carbonyl (C=O) groups excluding carboxylic acids is 1. The number of hydrogen-bond donors (Lipinski definition) is 1. The van der Waals surface area contributed by atoms with Gasteiger partial charge in [-0.1, -0.05) is 6.07 Å². The Hall–Kier alpha value is -2.90. The molecule has 1 N–H and O–H groups in total. The van der Waals surface area contributed by atoms with Crippen molar-refractivity contribution < 1.29 is 14.7 Å². The summed E-state index contributed by atoms with van der Waals surface area (Å²) in [7, 11) is 1.73. The molecular formula is C19H23N5O3. The minimum Gasteiger partial charge on any atom is -0.478 e. The molecule has 142 valence electrons. The van der Waals surface area contributed by atoms with Gasteiger partial charge in [-0.15, -0.1) is 0 Å². The van der Waals surface area contributed by atoms with Gasteiger partial charge in [0.05, 0.1) is 12.2 Å². The normalized spacial score (nSPS) is 19.9. The second-order valence-electron chi connectivity index (χ2n) is 7.32. The highest BCUT2D eigenvalue weighted by Crippen LogP contribution is 2.29. The molecule has 4 heterocycles. The van der Waals surface area contributed by atoms with Crippen LogP contribution in [0.4, 0.5) is 5.82 Å². The molecule has 27 heavy (non-hydrogen) atoms. The summed E-state index contributed by atoms with van der Waals surface area (Å²) in [6.45, 7) is 3.04. The second kappa shape index (κ2) is 7.02. The summed E-state index contributed by atoms with van der Waals surface area (Å²) in [4.78, 5) is 31.9. The van der Waals surface area contributed by atoms with Gasteiger partial charge < -0.3 is 14.9 Å². The SMILES string of the molecule is CN1CC(c2nn(Cc3ccc(N4CCCC4)nc3)cc2C(=O)O)CC1=O. The Morgan fingerprint density at radius 1 is 1.30 bits per heavy atom. The molecule has 1 atom stereocenters. The van der Waals surface area contributed by atoms with Gasteiger partial charge in [0.2, 0.25) is 5.91 Å². The minimum absolute atomic E-state index is 0.0209. The lowest BCUT2D eigenvalue weighted by molar-refractivity contribution is -0.126. The quantitative estimate of drug-likeness (QED) is 0.860. The van der Waals surface area contributed by atoms with Crippen molar-refractivity contribution in [1.29, 1.82) is 0 Å². The molecule has 0 aromatic carbocycles. The summed E-state index contributed by atoms with van der Waals surface area (Å²) in [5.74, 6) is -0.185. The molecule has 2 fully saturated rings. The van der Waals surface area contributed by atoms with Crippen molar-refractivity contribution in [2.45, 2.75) is 31.7 Å². The molecule has 1 unspecified atom stereocenters. The minimum atomic E-state index is -1.01. The van der Waals surface area contributed by atoms with E-state index in [1.165, 1.54) is 12.8 Å². The van der Waals surface area contributed by atoms with Crippen molar-refractivity contribution in [3.63, 3.8) is 0 Å². The lowest BCUT2D eigenvalue weighted by atomic mass is 10.0. The number of hydrogen-bond acceptors (Lipinski definition) is 5. The number of aromatic carboxylic acids is 1. The summed E-state index contributed by atoms with van der Waals surface area (Å²) < 4.78 is 1.63. The van der Waals surface area contributed by atoms with Crippen molar-refractivity contribution in [3.8, 4) is 0 Å². The van der Waals surface area contributed by atoms with E-state index in [1.54, 1.807) is 22.8 Å². The lowest BCUT2D eigenvalue weighted by Gasteiger charge is -2.16. The standard InChI is InChI=1S/C19H23N5O3/c1-22-11-14(8-17(22)25)18-15(19(26)27)12-24(21-18)10-13-4-5-16(20-9-13)23-6-2-3-7-23/h4-5,9,12,14H,2-3,6-8,10-11H2,1H3,(H,26,27). The number of carbonyl (C=O) groups is 2. The maximum absolute atomic E-state index is 11.8. The van der Waals surface area contributed by atoms with Crippen LogP contribution >= 0.6 is 0 Å². The van der Waals surface area contributed by atoms with Crippen molar-refractivity contribution >= 4 is 17.7 Å². The third-order valence-corrected chi connectivity index (χ3v) is 5.33. The van der Waals surface area contributed by atoms with Gasteiger partial charge in [0.1, 0.15) is 11.4 Å². The van der Waals surface area contributed by atoms with Gasteiger partial charge in [-0.05, 0) is 24.5 Å². The molecule has 0 radical (unpaired) electrons. The Balaban J connectivity index is 1.53. The van der Waals surface area contributed by atoms with Crippen LogP contribution in [0.2, 0.25) is 0 Å². The monoisotopic (exact) mass is 369 g/mol. The van der Waals surface area contributed by atoms with Gasteiger partial charge in [0.25, 0.3) is 0 Å². The van der Waals surface area contributed by atoms with E-state index in [1.807, 2.05) is 18.3 Å². The van der Waals surface area contributed by atoms with E-state index < -0.39 is 5.97 Å². The van der Waals surface area contributed by atoms with Crippen LogP contribution in [-0.4, -0.2) is 63.3 Å². The zero-order valence-electron chi connectivity index (χ0n) is 15.3. The fourth-order valence-corrected chi connectivity index (χ4v) is 3.86. The third-order valence-electron chi connectivity index (χ3n) is 5.33. The first kappa shape index (κ1) is 17.5. The van der Waals surface area contributed by atoms with E-state index in [0.29, 0.717) is 25.2 Å². The van der Waals surface area contributed by atoms with Crippen molar-refractivity contribution in [1.82, 2.24) is 19.7 Å². The van der Waals surface area contributed by atoms with Crippen LogP contribution in [-0.2, 0) is 11.3 Å². The van der Waals surface area contributed by atoms with Crippen LogP contribution in [0.3, 0.4) is 0 Å². The Morgan fingerprint density at radius 2 is 2.07 bits per heavy atom. The fourth-order valence-electron chi connectivity index (χ4n) is 3.86. The number of rotatable bonds is 5. The largest absolute Gasteiger partial charge is 0.478 e. The molecule has 2 aliphatic heterocycles. The summed E-state index contributed by atoms with van der Waals surface area (Å²) in [6.07, 6.45) is 6.09. The predicted molar refractivity (Wildman–Crippen MR) is 99.0 cm³/mol. The van der Waals surface area contributed by atoms with Gasteiger partial charge in [0.15, 0.2) is 0 Å². The number of pyridine rings is 1. The molecule has 2 aromatic rings. The van der Waals surface area contributed by atoms with E-state index in [9.17, 15) is 14.7 Å². The Labute approximate surface area is 157 Å². The fraction of sp³-hybridized carbons (Fsp3) is 0.474. The van der Waals surface area contributed by atoms with Gasteiger partial charge in [-0.25, -0.2) is 9.78 Å². The van der Waals surface area contributed by atoms with Crippen LogP contribution in [0.15, 0.2) is 24.5 Å². The molecule has 2 aliphatic rings. The van der Waals surface area contributed by atoms with Gasteiger partial charge in [0, 0.05) is 51.4 Å². The molecular weight excluding hydrogens is 346 g/mol. The number of carboxylic acid groups (broad SMARTS) is 1. The Morgan fingerprint density at radius 3 is 2.67 bits per heavy atom. The number of carboxylic acids is 1. The van der Waals surface area contributed by atoms with Crippen LogP contribution in [0, 0.1) is 0 Å². The van der Waals surface area contributed by atoms with E-state index in [-0.39, 0.29) is 17.4 Å². The summed E-state index contributed by atoms with van der Waals surface area (Å²) in [5.41, 5.74) is 1.62. The molecule has 4 rings (SSSR count). The molecule has 2 aromatic heterocycles. The van der Waals surface area contributed by atoms with Gasteiger partial charge in [-0.3, -0.25) is 9.48 Å². The average Bonchev–Trinajstić information content (AvgIpc) is 3.37. The first-order valence-electron chi connectivity index (χ1n) is 9.26. The van der Waals surface area contributed by atoms with Crippen LogP contribution < -0.4 is 4.90 Å². The molecule has 8 nitrogen and oxygen atoms in total. The number of likely N-dealkylation sites (tertiary alicyclic amines) is 1. The maximum atomic E-state index is 11.8. The molecule has 1 amide bonds. The van der Waals surface area contributed by atoms with Crippen LogP contribution in [0.5, 0.6) is 0 Å². The topological polar surface area (TPSA) is 91.6 Å². The second-order valence-corrected chi connectivity index (χ2v) is 7.32. The Bertz CT molecular complexity index is 855. The molecule has 0 saturated carbocycles. The van der Waals surface area contributed by atoms with Crippen LogP contribution in [0.1, 0.15) is 46.8 Å². The van der Waals surface area contributed by atoms with Gasteiger partial charge in [-0.2, -0.15) is 5.10 Å². The highest BCUT2D eigenvalue weighted by Gasteiger charge is 2.33. The molecule has 0 spiro atoms. The van der Waals surface area contributed by atoms with Gasteiger partial charge >= 0.3 is 5.97 Å². The number of aromatic nitrogens is 3. The van der Waals surface area contributed by atoms with Crippen molar-refractivity contribution in [2.24, 2.45) is 0 Å². The average molecular weight is 369 g/mol. The van der Waals surface area contributed by atoms with E-state index in [2.05, 4.69) is 15.0 Å². The maximum Gasteiger partial charge on any atom is 0.339 e. The molecule has 2 saturated heterocycles. The highest BCUT2D eigenvalue weighted by molar-refractivity contribution is 5.89. The van der Waals surface area contributed by atoms with Crippen LogP contribution in [0.25, 0.3) is 0 Å². The highest BCUT2D eigenvalue weighted by atomic mass is 16.4. The van der Waals surface area contributed by atoms with E-state index >= 15 is 0 Å². The first-order chi connectivity index (χ1) is 13.0. The first-order valence-corrected chi connectivity index (χ1v) is 9.26. The van der Waals surface area contributed by atoms with Crippen molar-refractivity contribution in [3.05, 3.63) is 41.3 Å². The zero-order chi connectivity index (χ0) is 19.0. The predicted octanol–water partition coefficient (Wildman–Crippen LogP) is 1.57. The number of anilines is 1. The molecule has 0 bridgehead atoms. The number of likely N-dealkylation sites (N-methyl/N-ethyl adjacent to an activating group) is 1. The summed E-state index contributed by atoms with van der Waals surface area (Å²) in [5, 5.41) is 14.0. The van der Waals surface area contributed by atoms with E-state index in [4.69, 9.17) is 0 Å². The molecule has 8 heteroatoms. The Kier molecular flexibility index (Phi) is 4.55. The third kappa shape index (κ3) is 3.51. The molecule has 0 aliphatic carbocycles. The lowest BCUT2D eigenvalue weighted by Crippen LogP contribution is -2.19.